The lowest BCUT2D eigenvalue weighted by molar-refractivity contribution is -0.801. The fourth-order valence-corrected chi connectivity index (χ4v) is 0.674. The molecule has 0 aliphatic carbocycles. The summed E-state index contributed by atoms with van der Waals surface area (Å²) in [6.45, 7) is 3.10. The lowest BCUT2D eigenvalue weighted by Crippen LogP contribution is -2.50. The van der Waals surface area contributed by atoms with Crippen molar-refractivity contribution >= 4 is 16.4 Å². The summed E-state index contributed by atoms with van der Waals surface area (Å²) in [6, 6.07) is 0. The molecular weight excluding hydrogens is 222 g/mol. The third kappa shape index (κ3) is 16.0. The molecule has 0 bridgehead atoms. The molecule has 7 nitrogen and oxygen atoms in total. The van der Waals surface area contributed by atoms with E-state index in [1.165, 1.54) is 0 Å². The molecule has 0 aliphatic heterocycles. The van der Waals surface area contributed by atoms with Crippen LogP contribution >= 0.6 is 0 Å². The molecule has 0 saturated heterocycles. The van der Waals surface area contributed by atoms with E-state index in [9.17, 15) is 0 Å². The molecule has 5 N–H and O–H groups in total. The van der Waals surface area contributed by atoms with Gasteiger partial charge < -0.3 is 5.73 Å². The Morgan fingerprint density at radius 1 is 1.40 bits per heavy atom. The lowest BCUT2D eigenvalue weighted by Gasteiger charge is -2.26. The zero-order valence-electron chi connectivity index (χ0n) is 9.27. The van der Waals surface area contributed by atoms with E-state index < -0.39 is 10.4 Å². The Bertz CT molecular complexity index is 279. The minimum absolute atomic E-state index is 0.244. The Hall–Kier alpha value is -0.700. The number of rotatable bonds is 3. The van der Waals surface area contributed by atoms with Crippen molar-refractivity contribution < 1.29 is 22.0 Å². The van der Waals surface area contributed by atoms with Crippen LogP contribution < -0.4 is 5.73 Å². The summed E-state index contributed by atoms with van der Waals surface area (Å²) < 4.78 is 32.1. The smallest absolute Gasteiger partial charge is 0.338 e. The second-order valence-electron chi connectivity index (χ2n) is 3.60. The van der Waals surface area contributed by atoms with Crippen molar-refractivity contribution in [1.82, 2.24) is 0 Å². The molecule has 0 atom stereocenters. The third-order valence-corrected chi connectivity index (χ3v) is 1.72. The molecule has 92 valence electrons. The molecule has 0 aromatic carbocycles. The standard InChI is InChI=1S/C7H18N3.H2O4S/c1-4-5-6-10(2,3)7(8)9;1-5(2,3)4/h4-6H2,1-3H3,(H3,8,9);(H2,1,2,3,4)/q+1;. The van der Waals surface area contributed by atoms with Crippen molar-refractivity contribution in [2.24, 2.45) is 5.73 Å². The fraction of sp³-hybridized carbons (Fsp3) is 0.857. The summed E-state index contributed by atoms with van der Waals surface area (Å²) in [6.07, 6.45) is 2.29. The summed E-state index contributed by atoms with van der Waals surface area (Å²) in [5, 5.41) is 7.23. The minimum atomic E-state index is -4.67. The maximum Gasteiger partial charge on any atom is 0.394 e. The molecular formula is C7H20N3O4S+. The summed E-state index contributed by atoms with van der Waals surface area (Å²) in [4.78, 5) is 0. The maximum absolute atomic E-state index is 8.74. The first kappa shape index (κ1) is 16.7. The predicted octanol–water partition coefficient (Wildman–Crippen LogP) is 0.104. The van der Waals surface area contributed by atoms with Crippen LogP contribution in [0.1, 0.15) is 19.8 Å². The predicted molar refractivity (Wildman–Crippen MR) is 58.0 cm³/mol. The van der Waals surface area contributed by atoms with E-state index in [4.69, 9.17) is 28.7 Å². The quantitative estimate of drug-likeness (QED) is 0.242. The van der Waals surface area contributed by atoms with Crippen LogP contribution in [0.4, 0.5) is 0 Å². The van der Waals surface area contributed by atoms with Crippen LogP contribution in [0.3, 0.4) is 0 Å². The van der Waals surface area contributed by atoms with Crippen LogP contribution in [-0.2, 0) is 10.4 Å². The summed E-state index contributed by atoms with van der Waals surface area (Å²) >= 11 is 0. The number of nitrogens with two attached hydrogens (primary N) is 1. The van der Waals surface area contributed by atoms with Gasteiger partial charge in [0.2, 0.25) is 0 Å². The van der Waals surface area contributed by atoms with Gasteiger partial charge in [0.05, 0.1) is 20.6 Å². The molecule has 0 aromatic heterocycles. The first-order valence-electron chi connectivity index (χ1n) is 4.38. The van der Waals surface area contributed by atoms with Crippen molar-refractivity contribution in [2.75, 3.05) is 20.6 Å². The van der Waals surface area contributed by atoms with Gasteiger partial charge in [0.15, 0.2) is 0 Å². The van der Waals surface area contributed by atoms with Crippen molar-refractivity contribution in [1.29, 1.82) is 5.41 Å². The van der Waals surface area contributed by atoms with Gasteiger partial charge in [0.25, 0.3) is 5.96 Å². The summed E-state index contributed by atoms with van der Waals surface area (Å²) in [5.41, 5.74) is 5.37. The lowest BCUT2D eigenvalue weighted by atomic mass is 10.3. The molecule has 0 spiro atoms. The van der Waals surface area contributed by atoms with Crippen LogP contribution in [0.5, 0.6) is 0 Å². The van der Waals surface area contributed by atoms with E-state index >= 15 is 0 Å². The Labute approximate surface area is 90.6 Å². The van der Waals surface area contributed by atoms with Gasteiger partial charge in [-0.05, 0) is 6.42 Å². The van der Waals surface area contributed by atoms with Crippen molar-refractivity contribution in [3.05, 3.63) is 0 Å². The fourth-order valence-electron chi connectivity index (χ4n) is 0.674. The Balaban J connectivity index is 0. The molecule has 0 saturated carbocycles. The van der Waals surface area contributed by atoms with Crippen LogP contribution in [0.25, 0.3) is 0 Å². The van der Waals surface area contributed by atoms with Gasteiger partial charge in [0, 0.05) is 0 Å². The number of hydrogen-bond donors (Lipinski definition) is 4. The Morgan fingerprint density at radius 2 is 1.73 bits per heavy atom. The number of nitrogens with zero attached hydrogens (tertiary/aromatic N) is 1. The molecule has 0 radical (unpaired) electrons. The zero-order chi connectivity index (χ0) is 12.7. The monoisotopic (exact) mass is 242 g/mol. The molecule has 0 aromatic rings. The van der Waals surface area contributed by atoms with Crippen LogP contribution in [0, 0.1) is 5.41 Å². The van der Waals surface area contributed by atoms with E-state index in [0.29, 0.717) is 4.48 Å². The molecule has 0 aliphatic rings. The second kappa shape index (κ2) is 6.72. The van der Waals surface area contributed by atoms with Crippen molar-refractivity contribution in [3.8, 4) is 0 Å². The molecule has 15 heavy (non-hydrogen) atoms. The average Bonchev–Trinajstić information content (AvgIpc) is 1.97. The number of hydrogen-bond acceptors (Lipinski definition) is 3. The van der Waals surface area contributed by atoms with Gasteiger partial charge in [-0.1, -0.05) is 13.3 Å². The van der Waals surface area contributed by atoms with Crippen molar-refractivity contribution in [3.63, 3.8) is 0 Å². The highest BCUT2D eigenvalue weighted by Gasteiger charge is 2.17. The van der Waals surface area contributed by atoms with Gasteiger partial charge in [-0.2, -0.15) is 8.42 Å². The van der Waals surface area contributed by atoms with E-state index in [0.717, 1.165) is 19.4 Å². The van der Waals surface area contributed by atoms with E-state index in [1.54, 1.807) is 0 Å². The van der Waals surface area contributed by atoms with Gasteiger partial charge in [0.1, 0.15) is 0 Å². The molecule has 0 heterocycles. The molecule has 0 rings (SSSR count). The van der Waals surface area contributed by atoms with Gasteiger partial charge in [-0.3, -0.25) is 13.6 Å². The third-order valence-electron chi connectivity index (χ3n) is 1.72. The minimum Gasteiger partial charge on any atom is -0.338 e. The largest absolute Gasteiger partial charge is 0.394 e. The molecule has 0 unspecified atom stereocenters. The van der Waals surface area contributed by atoms with E-state index in [-0.39, 0.29) is 5.96 Å². The van der Waals surface area contributed by atoms with Crippen LogP contribution in [0.15, 0.2) is 0 Å². The highest BCUT2D eigenvalue weighted by Crippen LogP contribution is 1.99. The highest BCUT2D eigenvalue weighted by molar-refractivity contribution is 7.79. The first-order valence-corrected chi connectivity index (χ1v) is 5.78. The first-order chi connectivity index (χ1) is 6.50. The molecule has 0 amide bonds. The number of guanidine groups is 1. The number of nitrogens with one attached hydrogen (secondary N) is 1. The SMILES string of the molecule is CCCC[N+](C)(C)C(=N)N.O=S(=O)(O)O. The normalized spacial score (nSPS) is 11.5. The molecule has 8 heteroatoms. The van der Waals surface area contributed by atoms with Crippen LogP contribution in [0.2, 0.25) is 0 Å². The highest BCUT2D eigenvalue weighted by atomic mass is 32.3. The van der Waals surface area contributed by atoms with E-state index in [2.05, 4.69) is 6.92 Å². The number of unbranched alkanes of at least 4 members (excludes halogenated alkanes) is 1. The molecule has 0 fully saturated rings. The summed E-state index contributed by atoms with van der Waals surface area (Å²) in [5.74, 6) is 0.244. The Kier molecular flexibility index (Phi) is 7.49. The Morgan fingerprint density at radius 3 is 1.93 bits per heavy atom. The van der Waals surface area contributed by atoms with E-state index in [1.807, 2.05) is 14.1 Å². The zero-order valence-corrected chi connectivity index (χ0v) is 10.1. The van der Waals surface area contributed by atoms with Gasteiger partial charge in [-0.25, -0.2) is 5.41 Å². The number of quaternary nitrogens is 1. The van der Waals surface area contributed by atoms with Crippen molar-refractivity contribution in [2.45, 2.75) is 19.8 Å². The second-order valence-corrected chi connectivity index (χ2v) is 4.49. The maximum atomic E-state index is 8.74. The summed E-state index contributed by atoms with van der Waals surface area (Å²) in [7, 11) is -0.754. The van der Waals surface area contributed by atoms with Crippen LogP contribution in [-0.4, -0.2) is 48.6 Å². The van der Waals surface area contributed by atoms with Gasteiger partial charge >= 0.3 is 10.4 Å². The van der Waals surface area contributed by atoms with Gasteiger partial charge in [-0.15, -0.1) is 0 Å². The topological polar surface area (TPSA) is 124 Å². The average molecular weight is 242 g/mol.